The maximum atomic E-state index is 14.0. The Hall–Kier alpha value is -3.73. The lowest BCUT2D eigenvalue weighted by molar-refractivity contribution is 0.0930. The topological polar surface area (TPSA) is 113 Å². The summed E-state index contributed by atoms with van der Waals surface area (Å²) in [6.07, 6.45) is 0.407. The minimum absolute atomic E-state index is 0.00235. The van der Waals surface area contributed by atoms with Crippen LogP contribution in [0, 0.1) is 17.6 Å². The van der Waals surface area contributed by atoms with Crippen molar-refractivity contribution in [1.82, 2.24) is 10.3 Å². The van der Waals surface area contributed by atoms with Crippen LogP contribution in [0.2, 0.25) is 0 Å². The van der Waals surface area contributed by atoms with E-state index in [-0.39, 0.29) is 17.8 Å². The summed E-state index contributed by atoms with van der Waals surface area (Å²) in [6, 6.07) is 8.39. The van der Waals surface area contributed by atoms with Crippen LogP contribution in [-0.4, -0.2) is 30.7 Å². The lowest BCUT2D eigenvalue weighted by Gasteiger charge is -2.11. The highest BCUT2D eigenvalue weighted by Gasteiger charge is 2.26. The quantitative estimate of drug-likeness (QED) is 0.393. The van der Waals surface area contributed by atoms with Crippen molar-refractivity contribution >= 4 is 23.3 Å². The molecule has 1 heterocycles. The van der Waals surface area contributed by atoms with Crippen LogP contribution >= 0.6 is 11.3 Å². The van der Waals surface area contributed by atoms with Gasteiger partial charge < -0.3 is 25.3 Å². The molecular weight excluding hydrogens is 492 g/mol. The lowest BCUT2D eigenvalue weighted by Crippen LogP contribution is -2.25. The number of hydrogen-bond acceptors (Lipinski definition) is 7. The number of thiazole rings is 1. The molecule has 1 saturated carbocycles. The average molecular weight is 518 g/mol. The van der Waals surface area contributed by atoms with Crippen LogP contribution in [0.15, 0.2) is 36.4 Å². The number of aromatic nitrogens is 1. The summed E-state index contributed by atoms with van der Waals surface area (Å²) in [5, 5.41) is 3.06. The third-order valence-corrected chi connectivity index (χ3v) is 6.83. The van der Waals surface area contributed by atoms with Gasteiger partial charge in [0, 0.05) is 23.7 Å². The van der Waals surface area contributed by atoms with E-state index in [1.54, 1.807) is 32.2 Å². The van der Waals surface area contributed by atoms with Crippen molar-refractivity contribution in [3.05, 3.63) is 64.2 Å². The van der Waals surface area contributed by atoms with E-state index < -0.39 is 29.7 Å². The summed E-state index contributed by atoms with van der Waals surface area (Å²) in [6.45, 7) is 1.96. The van der Waals surface area contributed by atoms with Crippen molar-refractivity contribution in [3.63, 3.8) is 0 Å². The van der Waals surface area contributed by atoms with Crippen molar-refractivity contribution in [2.45, 2.75) is 32.4 Å². The fourth-order valence-electron chi connectivity index (χ4n) is 3.46. The van der Waals surface area contributed by atoms with Crippen LogP contribution < -0.4 is 20.5 Å². The van der Waals surface area contributed by atoms with Crippen molar-refractivity contribution in [2.75, 3.05) is 13.7 Å². The van der Waals surface area contributed by atoms with Crippen molar-refractivity contribution in [1.29, 1.82) is 0 Å². The molecule has 0 radical (unpaired) electrons. The molecule has 190 valence electrons. The predicted octanol–water partition coefficient (Wildman–Crippen LogP) is 4.97. The zero-order valence-electron chi connectivity index (χ0n) is 19.7. The normalized spacial score (nSPS) is 13.7. The first-order chi connectivity index (χ1) is 17.2. The van der Waals surface area contributed by atoms with Crippen LogP contribution in [-0.2, 0) is 11.3 Å². The first-order valence-electron chi connectivity index (χ1n) is 11.2. The van der Waals surface area contributed by atoms with Gasteiger partial charge in [-0.15, -0.1) is 11.3 Å². The molecule has 1 aliphatic rings. The van der Waals surface area contributed by atoms with Gasteiger partial charge in [-0.05, 0) is 49.9 Å². The van der Waals surface area contributed by atoms with Gasteiger partial charge in [0.25, 0.3) is 5.91 Å². The SMILES string of the molecule is COc1ccc(-c2nc(C(=O)NCc3ccc(F)cc3F)c(C(C)OC(N)=O)s2)cc1OCC1CC1. The van der Waals surface area contributed by atoms with E-state index in [1.807, 2.05) is 0 Å². The summed E-state index contributed by atoms with van der Waals surface area (Å²) in [4.78, 5) is 29.2. The van der Waals surface area contributed by atoms with E-state index in [0.717, 1.165) is 36.3 Å². The number of methoxy groups -OCH3 is 1. The molecule has 0 spiro atoms. The molecule has 1 aliphatic carbocycles. The number of nitrogens with one attached hydrogen (secondary N) is 1. The second-order valence-corrected chi connectivity index (χ2v) is 9.38. The zero-order valence-corrected chi connectivity index (χ0v) is 20.5. The largest absolute Gasteiger partial charge is 0.493 e. The standard InChI is InChI=1S/C25H25F2N3O5S/c1-13(35-25(28)32)22-21(23(31)29-11-16-5-7-17(26)10-18(16)27)30-24(36-22)15-6-8-19(33-2)20(9-15)34-12-14-3-4-14/h5-10,13-14H,3-4,11-12H2,1-2H3,(H2,28,32)(H,29,31). The Morgan fingerprint density at radius 3 is 2.64 bits per heavy atom. The molecule has 1 fully saturated rings. The fraction of sp³-hybridized carbons (Fsp3) is 0.320. The number of amides is 2. The molecule has 0 bridgehead atoms. The van der Waals surface area contributed by atoms with Gasteiger partial charge in [0.15, 0.2) is 11.5 Å². The smallest absolute Gasteiger partial charge is 0.405 e. The molecule has 0 saturated heterocycles. The van der Waals surface area contributed by atoms with Crippen LogP contribution in [0.4, 0.5) is 13.6 Å². The molecule has 1 atom stereocenters. The minimum Gasteiger partial charge on any atom is -0.493 e. The fourth-order valence-corrected chi connectivity index (χ4v) is 4.50. The van der Waals surface area contributed by atoms with Crippen molar-refractivity contribution < 1.29 is 32.6 Å². The van der Waals surface area contributed by atoms with Gasteiger partial charge >= 0.3 is 6.09 Å². The average Bonchev–Trinajstić information content (AvgIpc) is 3.56. The number of hydrogen-bond donors (Lipinski definition) is 2. The van der Waals surface area contributed by atoms with Crippen LogP contribution in [0.5, 0.6) is 11.5 Å². The summed E-state index contributed by atoms with van der Waals surface area (Å²) >= 11 is 1.15. The molecule has 2 aromatic carbocycles. The highest BCUT2D eigenvalue weighted by molar-refractivity contribution is 7.15. The second kappa shape index (κ2) is 10.9. The minimum atomic E-state index is -1.00. The van der Waals surface area contributed by atoms with Crippen LogP contribution in [0.1, 0.15) is 46.8 Å². The molecule has 2 amide bonds. The highest BCUT2D eigenvalue weighted by Crippen LogP contribution is 2.39. The Labute approximate surface area is 210 Å². The van der Waals surface area contributed by atoms with Crippen LogP contribution in [0.25, 0.3) is 10.6 Å². The summed E-state index contributed by atoms with van der Waals surface area (Å²) < 4.78 is 43.6. The Morgan fingerprint density at radius 2 is 1.97 bits per heavy atom. The van der Waals surface area contributed by atoms with Gasteiger partial charge in [0.05, 0.1) is 18.6 Å². The molecule has 1 unspecified atom stereocenters. The van der Waals surface area contributed by atoms with E-state index in [4.69, 9.17) is 19.9 Å². The van der Waals surface area contributed by atoms with Gasteiger partial charge in [-0.3, -0.25) is 4.79 Å². The summed E-state index contributed by atoms with van der Waals surface area (Å²) in [5.74, 6) is -0.449. The number of primary amides is 1. The monoisotopic (exact) mass is 517 g/mol. The maximum Gasteiger partial charge on any atom is 0.405 e. The first kappa shape index (κ1) is 25.4. The molecule has 3 aromatic rings. The van der Waals surface area contributed by atoms with E-state index in [0.29, 0.717) is 39.5 Å². The number of ether oxygens (including phenoxy) is 3. The Morgan fingerprint density at radius 1 is 1.19 bits per heavy atom. The molecule has 0 aliphatic heterocycles. The summed E-state index contributed by atoms with van der Waals surface area (Å²) in [7, 11) is 1.55. The number of halogens is 2. The highest BCUT2D eigenvalue weighted by atomic mass is 32.1. The van der Waals surface area contributed by atoms with Gasteiger partial charge in [-0.1, -0.05) is 6.07 Å². The van der Waals surface area contributed by atoms with Crippen molar-refractivity contribution in [3.8, 4) is 22.1 Å². The first-order valence-corrected chi connectivity index (χ1v) is 12.1. The third kappa shape index (κ3) is 6.09. The number of benzene rings is 2. The van der Waals surface area contributed by atoms with Crippen molar-refractivity contribution in [2.24, 2.45) is 11.7 Å². The lowest BCUT2D eigenvalue weighted by atomic mass is 10.2. The Balaban J connectivity index is 1.62. The van der Waals surface area contributed by atoms with Gasteiger partial charge in [-0.2, -0.15) is 0 Å². The molecule has 3 N–H and O–H groups in total. The Bertz CT molecular complexity index is 1280. The number of carbonyl (C=O) groups excluding carboxylic acids is 2. The molecule has 4 rings (SSSR count). The van der Waals surface area contributed by atoms with Gasteiger partial charge in [0.1, 0.15) is 28.4 Å². The van der Waals surface area contributed by atoms with E-state index in [9.17, 15) is 18.4 Å². The summed E-state index contributed by atoms with van der Waals surface area (Å²) in [5.41, 5.74) is 5.95. The van der Waals surface area contributed by atoms with Gasteiger partial charge in [-0.25, -0.2) is 18.6 Å². The van der Waals surface area contributed by atoms with E-state index >= 15 is 0 Å². The van der Waals surface area contributed by atoms with Crippen LogP contribution in [0.3, 0.4) is 0 Å². The molecule has 8 nitrogen and oxygen atoms in total. The van der Waals surface area contributed by atoms with Gasteiger partial charge in [0.2, 0.25) is 0 Å². The Kier molecular flexibility index (Phi) is 7.68. The second-order valence-electron chi connectivity index (χ2n) is 8.35. The third-order valence-electron chi connectivity index (χ3n) is 5.57. The number of rotatable bonds is 10. The number of nitrogens with zero attached hydrogens (tertiary/aromatic N) is 1. The number of carbonyl (C=O) groups is 2. The molecule has 1 aromatic heterocycles. The maximum absolute atomic E-state index is 14.0. The zero-order chi connectivity index (χ0) is 25.8. The molecular formula is C25H25F2N3O5S. The molecule has 36 heavy (non-hydrogen) atoms. The molecule has 11 heteroatoms. The number of nitrogens with two attached hydrogens (primary N) is 1. The van der Waals surface area contributed by atoms with E-state index in [1.165, 1.54) is 6.07 Å². The van der Waals surface area contributed by atoms with E-state index in [2.05, 4.69) is 10.3 Å². The predicted molar refractivity (Wildman–Crippen MR) is 129 cm³/mol.